The van der Waals surface area contributed by atoms with Crippen LogP contribution in [0.1, 0.15) is 18.9 Å². The third kappa shape index (κ3) is 2.47. The predicted molar refractivity (Wildman–Crippen MR) is 64.7 cm³/mol. The highest BCUT2D eigenvalue weighted by atomic mass is 14.0. The van der Waals surface area contributed by atoms with Crippen molar-refractivity contribution in [3.05, 3.63) is 60.2 Å². The normalized spacial score (nSPS) is 10.2. The molecule has 2 rings (SSSR count). The summed E-state index contributed by atoms with van der Waals surface area (Å²) in [5, 5.41) is 0. The van der Waals surface area contributed by atoms with Crippen molar-refractivity contribution >= 4 is 0 Å². The zero-order valence-electron chi connectivity index (χ0n) is 9.03. The molecular weight excluding hydrogens is 180 g/mol. The second kappa shape index (κ2) is 4.79. The molecule has 0 nitrogen and oxygen atoms in total. The van der Waals surface area contributed by atoms with Gasteiger partial charge in [-0.05, 0) is 29.2 Å². The zero-order valence-corrected chi connectivity index (χ0v) is 9.03. The Morgan fingerprint density at radius 1 is 0.867 bits per heavy atom. The van der Waals surface area contributed by atoms with Gasteiger partial charge in [-0.25, -0.2) is 0 Å². The lowest BCUT2D eigenvalue weighted by Gasteiger charge is -2.03. The third-order valence-electron chi connectivity index (χ3n) is 2.54. The molecule has 0 N–H and O–H groups in total. The van der Waals surface area contributed by atoms with E-state index in [2.05, 4.69) is 49.4 Å². The van der Waals surface area contributed by atoms with Crippen LogP contribution in [-0.2, 0) is 6.42 Å². The third-order valence-corrected chi connectivity index (χ3v) is 2.54. The van der Waals surface area contributed by atoms with Gasteiger partial charge in [-0.3, -0.25) is 0 Å². The SMILES string of the molecule is CCCc1ccc(-c2cc[c]cc2)cc1. The average molecular weight is 195 g/mol. The van der Waals surface area contributed by atoms with Gasteiger partial charge in [-0.15, -0.1) is 0 Å². The summed E-state index contributed by atoms with van der Waals surface area (Å²) in [6.45, 7) is 2.21. The molecular formula is C15H15. The second-order valence-electron chi connectivity index (χ2n) is 3.74. The molecule has 0 spiro atoms. The summed E-state index contributed by atoms with van der Waals surface area (Å²) < 4.78 is 0. The van der Waals surface area contributed by atoms with Crippen LogP contribution in [0, 0.1) is 6.07 Å². The topological polar surface area (TPSA) is 0 Å². The van der Waals surface area contributed by atoms with Crippen LogP contribution >= 0.6 is 0 Å². The van der Waals surface area contributed by atoms with E-state index in [1.807, 2.05) is 12.1 Å². The first-order valence-electron chi connectivity index (χ1n) is 5.45. The van der Waals surface area contributed by atoms with Crippen molar-refractivity contribution in [3.63, 3.8) is 0 Å². The molecule has 0 fully saturated rings. The van der Waals surface area contributed by atoms with E-state index in [1.54, 1.807) is 0 Å². The Morgan fingerprint density at radius 2 is 1.47 bits per heavy atom. The quantitative estimate of drug-likeness (QED) is 0.691. The first-order valence-corrected chi connectivity index (χ1v) is 5.45. The summed E-state index contributed by atoms with van der Waals surface area (Å²) in [7, 11) is 0. The van der Waals surface area contributed by atoms with Crippen molar-refractivity contribution < 1.29 is 0 Å². The molecule has 75 valence electrons. The Labute approximate surface area is 91.6 Å². The Morgan fingerprint density at radius 3 is 2.07 bits per heavy atom. The van der Waals surface area contributed by atoms with Gasteiger partial charge in [0.25, 0.3) is 0 Å². The molecule has 1 radical (unpaired) electrons. The fourth-order valence-corrected chi connectivity index (χ4v) is 1.73. The van der Waals surface area contributed by atoms with Crippen molar-refractivity contribution in [2.75, 3.05) is 0 Å². The Balaban J connectivity index is 2.24. The molecule has 0 aliphatic rings. The van der Waals surface area contributed by atoms with Gasteiger partial charge in [0.15, 0.2) is 0 Å². The molecule has 0 unspecified atom stereocenters. The van der Waals surface area contributed by atoms with Gasteiger partial charge in [0.2, 0.25) is 0 Å². The largest absolute Gasteiger partial charge is 0.0651 e. The number of rotatable bonds is 3. The molecule has 0 aliphatic carbocycles. The molecule has 2 aromatic carbocycles. The van der Waals surface area contributed by atoms with E-state index in [9.17, 15) is 0 Å². The maximum atomic E-state index is 3.03. The van der Waals surface area contributed by atoms with Crippen molar-refractivity contribution in [3.8, 4) is 11.1 Å². The lowest BCUT2D eigenvalue weighted by Crippen LogP contribution is -1.83. The second-order valence-corrected chi connectivity index (χ2v) is 3.74. The highest BCUT2D eigenvalue weighted by Gasteiger charge is 1.96. The summed E-state index contributed by atoms with van der Waals surface area (Å²) in [5.74, 6) is 0. The zero-order chi connectivity index (χ0) is 10.5. The fourth-order valence-electron chi connectivity index (χ4n) is 1.73. The molecule has 0 amide bonds. The number of benzene rings is 2. The van der Waals surface area contributed by atoms with Crippen LogP contribution < -0.4 is 0 Å². The monoisotopic (exact) mass is 195 g/mol. The maximum absolute atomic E-state index is 3.03. The van der Waals surface area contributed by atoms with E-state index in [-0.39, 0.29) is 0 Å². The minimum Gasteiger partial charge on any atom is -0.0651 e. The molecule has 15 heavy (non-hydrogen) atoms. The molecule has 0 atom stereocenters. The van der Waals surface area contributed by atoms with Crippen LogP contribution in [0.15, 0.2) is 48.5 Å². The van der Waals surface area contributed by atoms with Crippen LogP contribution in [0.3, 0.4) is 0 Å². The van der Waals surface area contributed by atoms with Gasteiger partial charge in [0.1, 0.15) is 0 Å². The van der Waals surface area contributed by atoms with Gasteiger partial charge in [0.05, 0.1) is 0 Å². The van der Waals surface area contributed by atoms with E-state index in [1.165, 1.54) is 29.5 Å². The van der Waals surface area contributed by atoms with Gasteiger partial charge < -0.3 is 0 Å². The minimum atomic E-state index is 1.17. The van der Waals surface area contributed by atoms with Crippen molar-refractivity contribution in [1.82, 2.24) is 0 Å². The standard InChI is InChI=1S/C15H15/c1-2-6-13-9-11-15(12-10-13)14-7-4-3-5-8-14/h4-5,7-12H,2,6H2,1H3. The van der Waals surface area contributed by atoms with Crippen molar-refractivity contribution in [2.45, 2.75) is 19.8 Å². The first-order chi connectivity index (χ1) is 7.40. The number of hydrogen-bond donors (Lipinski definition) is 0. The molecule has 0 bridgehead atoms. The minimum absolute atomic E-state index is 1.17. The Bertz CT molecular complexity index is 398. The number of aryl methyl sites for hydroxylation is 1. The summed E-state index contributed by atoms with van der Waals surface area (Å²) >= 11 is 0. The van der Waals surface area contributed by atoms with Crippen molar-refractivity contribution in [1.29, 1.82) is 0 Å². The molecule has 0 saturated carbocycles. The Hall–Kier alpha value is -1.56. The molecule has 0 aliphatic heterocycles. The highest BCUT2D eigenvalue weighted by molar-refractivity contribution is 5.63. The molecule has 0 heterocycles. The van der Waals surface area contributed by atoms with Crippen LogP contribution in [0.25, 0.3) is 11.1 Å². The van der Waals surface area contributed by atoms with Crippen LogP contribution in [-0.4, -0.2) is 0 Å². The van der Waals surface area contributed by atoms with E-state index in [0.29, 0.717) is 0 Å². The Kier molecular flexibility index (Phi) is 3.18. The van der Waals surface area contributed by atoms with Crippen molar-refractivity contribution in [2.24, 2.45) is 0 Å². The summed E-state index contributed by atoms with van der Waals surface area (Å²) in [4.78, 5) is 0. The molecule has 2 aromatic rings. The summed E-state index contributed by atoms with van der Waals surface area (Å²) in [6, 6.07) is 20.0. The molecule has 0 heteroatoms. The fraction of sp³-hybridized carbons (Fsp3) is 0.200. The van der Waals surface area contributed by atoms with Crippen LogP contribution in [0.2, 0.25) is 0 Å². The highest BCUT2D eigenvalue weighted by Crippen LogP contribution is 2.19. The molecule has 0 aromatic heterocycles. The van der Waals surface area contributed by atoms with Crippen LogP contribution in [0.4, 0.5) is 0 Å². The van der Waals surface area contributed by atoms with Gasteiger partial charge in [-0.2, -0.15) is 0 Å². The van der Waals surface area contributed by atoms with E-state index in [4.69, 9.17) is 0 Å². The first kappa shape index (κ1) is 9.97. The summed E-state index contributed by atoms with van der Waals surface area (Å²) in [5.41, 5.74) is 3.96. The van der Waals surface area contributed by atoms with Gasteiger partial charge in [-0.1, -0.05) is 61.9 Å². The van der Waals surface area contributed by atoms with Gasteiger partial charge >= 0.3 is 0 Å². The van der Waals surface area contributed by atoms with E-state index in [0.717, 1.165) is 0 Å². The lowest BCUT2D eigenvalue weighted by molar-refractivity contribution is 0.922. The van der Waals surface area contributed by atoms with Gasteiger partial charge in [0, 0.05) is 0 Å². The predicted octanol–water partition coefficient (Wildman–Crippen LogP) is 4.11. The van der Waals surface area contributed by atoms with Crippen LogP contribution in [0.5, 0.6) is 0 Å². The smallest absolute Gasteiger partial charge is 0.0184 e. The van der Waals surface area contributed by atoms with E-state index < -0.39 is 0 Å². The number of hydrogen-bond acceptors (Lipinski definition) is 0. The lowest BCUT2D eigenvalue weighted by atomic mass is 10.0. The molecule has 0 saturated heterocycles. The van der Waals surface area contributed by atoms with E-state index >= 15 is 0 Å². The summed E-state index contributed by atoms with van der Waals surface area (Å²) in [6.07, 6.45) is 2.38. The maximum Gasteiger partial charge on any atom is -0.0184 e. The average Bonchev–Trinajstić information content (AvgIpc) is 2.32.